The Morgan fingerprint density at radius 2 is 1.12 bits per heavy atom. The van der Waals surface area contributed by atoms with Crippen LogP contribution in [0.2, 0.25) is 0 Å². The van der Waals surface area contributed by atoms with Gasteiger partial charge in [0.05, 0.1) is 19.8 Å². The molecule has 0 fully saturated rings. The Bertz CT molecular complexity index is 1460. The SMILES string of the molecule is C/C=C/C=C/C=C/C=C/C=C/C=C/C=C/C(C(=O)N[C@@H](CCC(=O)NCCOCCOCC(=O)NCCCC(=O)COCC)C(=O)OC(C)(C)C)C(=O)OC(C)(C)C. The summed E-state index contributed by atoms with van der Waals surface area (Å²) in [4.78, 5) is 75.9. The summed E-state index contributed by atoms with van der Waals surface area (Å²) in [5.74, 6) is -4.46. The highest BCUT2D eigenvalue weighted by atomic mass is 16.6. The van der Waals surface area contributed by atoms with Gasteiger partial charge in [0.1, 0.15) is 30.5 Å². The predicted molar refractivity (Wildman–Crippen MR) is 224 cm³/mol. The van der Waals surface area contributed by atoms with Crippen molar-refractivity contribution < 1.29 is 52.5 Å². The van der Waals surface area contributed by atoms with E-state index in [0.29, 0.717) is 26.0 Å². The molecule has 0 aliphatic heterocycles. The minimum absolute atomic E-state index is 0.0140. The Balaban J connectivity index is 5.09. The topological polar surface area (TPSA) is 185 Å². The van der Waals surface area contributed by atoms with Crippen molar-refractivity contribution in [3.63, 3.8) is 0 Å². The fourth-order valence-corrected chi connectivity index (χ4v) is 4.31. The van der Waals surface area contributed by atoms with Gasteiger partial charge in [0.2, 0.25) is 17.7 Å². The molecule has 0 heterocycles. The first-order valence-corrected chi connectivity index (χ1v) is 19.7. The van der Waals surface area contributed by atoms with Gasteiger partial charge in [0.25, 0.3) is 0 Å². The molecule has 0 aromatic carbocycles. The van der Waals surface area contributed by atoms with Crippen LogP contribution < -0.4 is 16.0 Å². The summed E-state index contributed by atoms with van der Waals surface area (Å²) in [6.07, 6.45) is 25.7. The van der Waals surface area contributed by atoms with Gasteiger partial charge < -0.3 is 39.6 Å². The number of rotatable bonds is 29. The summed E-state index contributed by atoms with van der Waals surface area (Å²) in [5, 5.41) is 7.97. The number of ether oxygens (including phenoxy) is 5. The van der Waals surface area contributed by atoms with Crippen molar-refractivity contribution in [1.82, 2.24) is 16.0 Å². The molecular formula is C44H67N3O11. The van der Waals surface area contributed by atoms with Crippen LogP contribution >= 0.6 is 0 Å². The zero-order chi connectivity index (χ0) is 43.7. The van der Waals surface area contributed by atoms with Gasteiger partial charge in [-0.15, -0.1) is 0 Å². The van der Waals surface area contributed by atoms with Gasteiger partial charge >= 0.3 is 11.9 Å². The largest absolute Gasteiger partial charge is 0.459 e. The molecule has 3 N–H and O–H groups in total. The molecule has 0 aromatic heterocycles. The van der Waals surface area contributed by atoms with Crippen molar-refractivity contribution in [2.45, 2.75) is 98.3 Å². The third-order valence-electron chi connectivity index (χ3n) is 6.92. The van der Waals surface area contributed by atoms with Crippen molar-refractivity contribution in [2.75, 3.05) is 52.7 Å². The fraction of sp³-hybridized carbons (Fsp3) is 0.545. The second kappa shape index (κ2) is 32.1. The number of hydrogen-bond acceptors (Lipinski definition) is 11. The summed E-state index contributed by atoms with van der Waals surface area (Å²) in [5.41, 5.74) is -1.76. The average Bonchev–Trinajstić information content (AvgIpc) is 3.13. The first-order chi connectivity index (χ1) is 27.5. The monoisotopic (exact) mass is 813 g/mol. The zero-order valence-electron chi connectivity index (χ0n) is 35.7. The molecule has 0 saturated carbocycles. The van der Waals surface area contributed by atoms with Gasteiger partial charge in [-0.25, -0.2) is 4.79 Å². The Morgan fingerprint density at radius 3 is 1.69 bits per heavy atom. The second-order valence-corrected chi connectivity index (χ2v) is 14.6. The summed E-state index contributed by atoms with van der Waals surface area (Å²) >= 11 is 0. The van der Waals surface area contributed by atoms with Crippen LogP contribution in [0, 0.1) is 5.92 Å². The zero-order valence-corrected chi connectivity index (χ0v) is 35.7. The van der Waals surface area contributed by atoms with Crippen LogP contribution in [0.15, 0.2) is 85.1 Å². The predicted octanol–water partition coefficient (Wildman–Crippen LogP) is 5.12. The number of hydrogen-bond donors (Lipinski definition) is 3. The van der Waals surface area contributed by atoms with Crippen molar-refractivity contribution in [1.29, 1.82) is 0 Å². The summed E-state index contributed by atoms with van der Waals surface area (Å²) in [7, 11) is 0. The molecular weight excluding hydrogens is 746 g/mol. The summed E-state index contributed by atoms with van der Waals surface area (Å²) in [6, 6.07) is -1.23. The van der Waals surface area contributed by atoms with Gasteiger partial charge in [0.15, 0.2) is 11.7 Å². The maximum absolute atomic E-state index is 13.5. The van der Waals surface area contributed by atoms with Gasteiger partial charge in [0, 0.05) is 32.5 Å². The number of esters is 2. The number of nitrogens with one attached hydrogen (secondary N) is 3. The molecule has 14 heteroatoms. The van der Waals surface area contributed by atoms with Crippen LogP contribution in [0.3, 0.4) is 0 Å². The molecule has 58 heavy (non-hydrogen) atoms. The smallest absolute Gasteiger partial charge is 0.329 e. The molecule has 0 aliphatic carbocycles. The number of carbonyl (C=O) groups is 6. The summed E-state index contributed by atoms with van der Waals surface area (Å²) < 4.78 is 26.8. The molecule has 2 atom stereocenters. The molecule has 3 amide bonds. The van der Waals surface area contributed by atoms with Crippen LogP contribution in [0.1, 0.15) is 81.1 Å². The van der Waals surface area contributed by atoms with E-state index in [2.05, 4.69) is 16.0 Å². The number of allylic oxidation sites excluding steroid dienone is 13. The van der Waals surface area contributed by atoms with E-state index < -0.39 is 46.9 Å². The van der Waals surface area contributed by atoms with E-state index in [0.717, 1.165) is 0 Å². The van der Waals surface area contributed by atoms with Gasteiger partial charge in [-0.3, -0.25) is 24.0 Å². The van der Waals surface area contributed by atoms with E-state index >= 15 is 0 Å². The molecule has 0 radical (unpaired) electrons. The minimum atomic E-state index is -1.39. The molecule has 0 saturated heterocycles. The number of carbonyl (C=O) groups excluding carboxylic acids is 6. The molecule has 0 bridgehead atoms. The number of Topliss-reactive ketones (excluding diaryl/α,β-unsaturated/α-hetero) is 1. The Kier molecular flexibility index (Phi) is 29.4. The lowest BCUT2D eigenvalue weighted by Crippen LogP contribution is -2.48. The van der Waals surface area contributed by atoms with E-state index in [1.807, 2.05) is 68.5 Å². The van der Waals surface area contributed by atoms with Gasteiger partial charge in [-0.2, -0.15) is 0 Å². The van der Waals surface area contributed by atoms with Crippen molar-refractivity contribution in [2.24, 2.45) is 5.92 Å². The van der Waals surface area contributed by atoms with Crippen LogP contribution in [0.5, 0.6) is 0 Å². The van der Waals surface area contributed by atoms with E-state index in [1.165, 1.54) is 12.2 Å². The third kappa shape index (κ3) is 32.2. The lowest BCUT2D eigenvalue weighted by atomic mass is 10.0. The summed E-state index contributed by atoms with van der Waals surface area (Å²) in [6.45, 7) is 15.3. The van der Waals surface area contributed by atoms with Crippen LogP contribution in [-0.4, -0.2) is 105 Å². The van der Waals surface area contributed by atoms with Gasteiger partial charge in [-0.1, -0.05) is 85.1 Å². The standard InChI is InChI=1S/C44H67N3O11/c1-9-11-12-13-14-15-16-17-18-19-20-21-22-25-36(41(52)57-43(3,4)5)40(51)47-37(42(53)58-44(6,7)8)26-27-38(49)46-29-30-55-31-32-56-34-39(50)45-28-23-24-35(48)33-54-10-2/h9,11-22,25,36-37H,10,23-24,26-34H2,1-8H3,(H,45,50)(H,46,49)(H,47,51)/b11-9+,13-12+,15-14+,17-16+,19-18+,21-20+,25-22+/t36?,37-/m0/s1. The van der Waals surface area contributed by atoms with E-state index in [9.17, 15) is 28.8 Å². The van der Waals surface area contributed by atoms with Crippen LogP contribution in [0.25, 0.3) is 0 Å². The minimum Gasteiger partial charge on any atom is -0.459 e. The highest BCUT2D eigenvalue weighted by Gasteiger charge is 2.33. The quantitative estimate of drug-likeness (QED) is 0.0395. The normalized spacial score (nSPS) is 13.7. The molecule has 0 spiro atoms. The van der Waals surface area contributed by atoms with Crippen molar-refractivity contribution in [3.8, 4) is 0 Å². The first-order valence-electron chi connectivity index (χ1n) is 19.7. The van der Waals surface area contributed by atoms with Gasteiger partial charge in [-0.05, 0) is 68.2 Å². The maximum atomic E-state index is 13.5. The third-order valence-corrected chi connectivity index (χ3v) is 6.92. The Hall–Kier alpha value is -4.92. The number of amides is 3. The Labute approximate surface area is 345 Å². The van der Waals surface area contributed by atoms with Crippen molar-refractivity contribution >= 4 is 35.4 Å². The second-order valence-electron chi connectivity index (χ2n) is 14.6. The van der Waals surface area contributed by atoms with Crippen LogP contribution in [-0.2, 0) is 52.5 Å². The first kappa shape index (κ1) is 53.1. The maximum Gasteiger partial charge on any atom is 0.329 e. The van der Waals surface area contributed by atoms with Crippen LogP contribution in [0.4, 0.5) is 0 Å². The molecule has 1 unspecified atom stereocenters. The fourth-order valence-electron chi connectivity index (χ4n) is 4.31. The molecule has 0 aliphatic rings. The lowest BCUT2D eigenvalue weighted by molar-refractivity contribution is -0.164. The average molecular weight is 814 g/mol. The number of ketones is 1. The molecule has 324 valence electrons. The van der Waals surface area contributed by atoms with Crippen molar-refractivity contribution in [3.05, 3.63) is 85.1 Å². The highest BCUT2D eigenvalue weighted by molar-refractivity contribution is 6.01. The van der Waals surface area contributed by atoms with E-state index in [4.69, 9.17) is 23.7 Å². The Morgan fingerprint density at radius 1 is 0.586 bits per heavy atom. The van der Waals surface area contributed by atoms with E-state index in [1.54, 1.807) is 59.8 Å². The highest BCUT2D eigenvalue weighted by Crippen LogP contribution is 2.15. The molecule has 14 nitrogen and oxygen atoms in total. The molecule has 0 rings (SSSR count). The lowest BCUT2D eigenvalue weighted by Gasteiger charge is -2.26. The molecule has 0 aromatic rings. The van der Waals surface area contributed by atoms with E-state index in [-0.39, 0.29) is 64.1 Å².